The number of nitrogens with two attached hydrogens (primary N) is 7. The second kappa shape index (κ2) is 33.6. The molecule has 0 saturated carbocycles. The van der Waals surface area contributed by atoms with Crippen molar-refractivity contribution in [2.75, 3.05) is 26.2 Å². The van der Waals surface area contributed by atoms with Gasteiger partial charge in [-0.2, -0.15) is 0 Å². The summed E-state index contributed by atoms with van der Waals surface area (Å²) < 4.78 is 0. The molecule has 0 aliphatic carbocycles. The Bertz CT molecular complexity index is 3010. The number of unbranched alkanes of at least 4 members (excludes halogenated alkanes) is 2. The van der Waals surface area contributed by atoms with E-state index in [0.717, 1.165) is 27.4 Å². The van der Waals surface area contributed by atoms with Crippen LogP contribution in [0.15, 0.2) is 101 Å². The number of rotatable bonds is 36. The molecule has 83 heavy (non-hydrogen) atoms. The number of benzene rings is 3. The Labute approximate surface area is 481 Å². The minimum atomic E-state index is -1.36. The molecule has 26 heteroatoms. The third kappa shape index (κ3) is 21.4. The topological polar surface area (TPSA) is 459 Å². The van der Waals surface area contributed by atoms with Crippen LogP contribution < -0.4 is 77.4 Å². The quantitative estimate of drug-likeness (QED) is 0.0129. The SMILES string of the molecule is CC(=O)N[C@@H](CCCN=C(N)N)C(=O)N[C@@H](CCCN=C(N)N)C(=O)N[C@@H](CCCCN)C(=O)N[C@@H](CCCCN)C(=O)N[C@@H](Cc1c[nH]c2ccccc12)C(=O)N[C@@H](Cc1ccccc1)C(=O)N[C@@H](Cc1c[nH]c2ccccc12)C(N)=O. The molecule has 0 aliphatic heterocycles. The first-order valence-electron chi connectivity index (χ1n) is 27.9. The maximum atomic E-state index is 14.9. The molecule has 448 valence electrons. The van der Waals surface area contributed by atoms with Crippen LogP contribution >= 0.6 is 0 Å². The molecule has 8 amide bonds. The molecule has 7 atom stereocenters. The van der Waals surface area contributed by atoms with Gasteiger partial charge in [0.05, 0.1) is 0 Å². The van der Waals surface area contributed by atoms with Gasteiger partial charge in [0.2, 0.25) is 47.3 Å². The number of fused-ring (bicyclic) bond motifs is 2. The largest absolute Gasteiger partial charge is 0.370 e. The van der Waals surface area contributed by atoms with E-state index in [4.69, 9.17) is 40.1 Å². The number of para-hydroxylation sites is 2. The van der Waals surface area contributed by atoms with Crippen LogP contribution in [0.1, 0.15) is 87.8 Å². The van der Waals surface area contributed by atoms with E-state index in [-0.39, 0.29) is 89.5 Å². The molecule has 5 aromatic rings. The van der Waals surface area contributed by atoms with E-state index in [2.05, 4.69) is 57.2 Å². The van der Waals surface area contributed by atoms with E-state index in [0.29, 0.717) is 43.2 Å². The summed E-state index contributed by atoms with van der Waals surface area (Å²) in [5.74, 6) is -6.05. The van der Waals surface area contributed by atoms with Crippen LogP contribution in [0, 0.1) is 0 Å². The maximum absolute atomic E-state index is 14.9. The lowest BCUT2D eigenvalue weighted by molar-refractivity contribution is -0.135. The lowest BCUT2D eigenvalue weighted by Gasteiger charge is -2.28. The van der Waals surface area contributed by atoms with Crippen LogP contribution in [-0.2, 0) is 57.6 Å². The van der Waals surface area contributed by atoms with Gasteiger partial charge in [0.1, 0.15) is 42.3 Å². The fraction of sp³-hybridized carbons (Fsp3) is 0.439. The molecule has 2 aromatic heterocycles. The number of carbonyl (C=O) groups excluding carboxylic acids is 8. The Morgan fingerprint density at radius 3 is 1.18 bits per heavy atom. The first-order valence-corrected chi connectivity index (χ1v) is 27.9. The molecule has 0 unspecified atom stereocenters. The minimum absolute atomic E-state index is 0.000879. The molecule has 2 heterocycles. The van der Waals surface area contributed by atoms with Gasteiger partial charge in [0, 0.05) is 73.5 Å². The number of hydrogen-bond acceptors (Lipinski definition) is 12. The molecule has 23 N–H and O–H groups in total. The lowest BCUT2D eigenvalue weighted by atomic mass is 10.00. The predicted molar refractivity (Wildman–Crippen MR) is 318 cm³/mol. The minimum Gasteiger partial charge on any atom is -0.370 e. The van der Waals surface area contributed by atoms with Gasteiger partial charge in [-0.1, -0.05) is 66.7 Å². The third-order valence-electron chi connectivity index (χ3n) is 13.8. The Kier molecular flexibility index (Phi) is 26.3. The fourth-order valence-electron chi connectivity index (χ4n) is 9.48. The summed E-state index contributed by atoms with van der Waals surface area (Å²) in [7, 11) is 0. The molecule has 0 fully saturated rings. The molecule has 0 spiro atoms. The zero-order valence-electron chi connectivity index (χ0n) is 46.9. The van der Waals surface area contributed by atoms with Gasteiger partial charge in [-0.05, 0) is 106 Å². The molecule has 5 rings (SSSR count). The number of H-pyrrole nitrogens is 2. The molecular weight excluding hydrogens is 1060 g/mol. The van der Waals surface area contributed by atoms with Crippen LogP contribution in [-0.4, -0.2) is 138 Å². The van der Waals surface area contributed by atoms with Crippen molar-refractivity contribution >= 4 is 81.0 Å². The third-order valence-corrected chi connectivity index (χ3v) is 13.8. The molecule has 0 radical (unpaired) electrons. The van der Waals surface area contributed by atoms with Gasteiger partial charge in [0.25, 0.3) is 0 Å². The molecule has 0 aliphatic rings. The maximum Gasteiger partial charge on any atom is 0.243 e. The summed E-state index contributed by atoms with van der Waals surface area (Å²) in [5, 5.41) is 21.0. The van der Waals surface area contributed by atoms with Crippen molar-refractivity contribution in [2.24, 2.45) is 50.1 Å². The standard InChI is InChI=1S/C57H82N18O8/c1-34(76)69-42(23-13-27-65-56(61)62)50(78)72-45(24-14-28-66-57(63)64)52(80)70-43(21-9-11-25-58)51(79)71-44(22-10-12-26-59)53(81)75-48(31-37-33-68-41-20-8-6-18-39(37)41)55(83)74-47(29-35-15-3-2-4-16-35)54(82)73-46(49(60)77)30-36-32-67-40-19-7-5-17-38(36)40/h2-8,15-20,32-33,42-48,67-68H,9-14,21-31,58-59H2,1H3,(H2,60,77)(H,69,76)(H,70,80)(H,71,79)(H,72,78)(H,73,82)(H,74,83)(H,75,81)(H4,61,62,65)(H4,63,64,66)/t42-,43-,44-,45-,46-,47-,48-/m0/s1. The van der Waals surface area contributed by atoms with E-state index in [1.807, 2.05) is 48.5 Å². The van der Waals surface area contributed by atoms with Gasteiger partial charge in [-0.3, -0.25) is 48.3 Å². The average Bonchev–Trinajstić information content (AvgIpc) is 4.33. The van der Waals surface area contributed by atoms with Crippen molar-refractivity contribution in [1.29, 1.82) is 0 Å². The smallest absolute Gasteiger partial charge is 0.243 e. The number of nitrogens with one attached hydrogen (secondary N) is 9. The molecule has 0 bridgehead atoms. The van der Waals surface area contributed by atoms with Crippen molar-refractivity contribution in [3.63, 3.8) is 0 Å². The highest BCUT2D eigenvalue weighted by Crippen LogP contribution is 2.21. The highest BCUT2D eigenvalue weighted by Gasteiger charge is 2.35. The van der Waals surface area contributed by atoms with Crippen LogP contribution in [0.5, 0.6) is 0 Å². The van der Waals surface area contributed by atoms with E-state index < -0.39 is 89.6 Å². The second-order valence-corrected chi connectivity index (χ2v) is 20.3. The molecule has 26 nitrogen and oxygen atoms in total. The van der Waals surface area contributed by atoms with Gasteiger partial charge in [-0.15, -0.1) is 0 Å². The number of carbonyl (C=O) groups is 8. The molecular formula is C57H82N18O8. The summed E-state index contributed by atoms with van der Waals surface area (Å²) >= 11 is 0. The summed E-state index contributed by atoms with van der Waals surface area (Å²) in [5.41, 5.74) is 43.3. The van der Waals surface area contributed by atoms with Crippen molar-refractivity contribution in [3.05, 3.63) is 108 Å². The number of nitrogens with zero attached hydrogens (tertiary/aromatic N) is 2. The fourth-order valence-corrected chi connectivity index (χ4v) is 9.48. The van der Waals surface area contributed by atoms with E-state index in [9.17, 15) is 38.4 Å². The average molecular weight is 1150 g/mol. The number of amides is 8. The van der Waals surface area contributed by atoms with Crippen LogP contribution in [0.3, 0.4) is 0 Å². The number of aromatic nitrogens is 2. The predicted octanol–water partition coefficient (Wildman–Crippen LogP) is -1.06. The van der Waals surface area contributed by atoms with Crippen LogP contribution in [0.4, 0.5) is 0 Å². The number of primary amides is 1. The molecule has 3 aromatic carbocycles. The Balaban J connectivity index is 1.43. The van der Waals surface area contributed by atoms with Crippen LogP contribution in [0.25, 0.3) is 21.8 Å². The summed E-state index contributed by atoms with van der Waals surface area (Å²) in [6.45, 7) is 2.04. The Hall–Kier alpha value is -9.04. The monoisotopic (exact) mass is 1150 g/mol. The lowest BCUT2D eigenvalue weighted by Crippen LogP contribution is -2.60. The number of hydrogen-bond donors (Lipinski definition) is 16. The number of aromatic amines is 2. The number of aliphatic imine (C=N–C) groups is 2. The van der Waals surface area contributed by atoms with Crippen molar-refractivity contribution < 1.29 is 38.4 Å². The highest BCUT2D eigenvalue weighted by atomic mass is 16.2. The molecule has 0 saturated heterocycles. The van der Waals surface area contributed by atoms with Gasteiger partial charge < -0.3 is 87.3 Å². The Morgan fingerprint density at radius 1 is 0.422 bits per heavy atom. The summed E-state index contributed by atoms with van der Waals surface area (Å²) in [6.07, 6.45) is 5.82. The normalized spacial score (nSPS) is 13.6. The van der Waals surface area contributed by atoms with Gasteiger partial charge in [0.15, 0.2) is 11.9 Å². The summed E-state index contributed by atoms with van der Waals surface area (Å²) in [6, 6.07) is 15.0. The van der Waals surface area contributed by atoms with E-state index in [1.54, 1.807) is 42.7 Å². The summed E-state index contributed by atoms with van der Waals surface area (Å²) in [4.78, 5) is 127. The highest BCUT2D eigenvalue weighted by molar-refractivity contribution is 5.98. The zero-order chi connectivity index (χ0) is 60.3. The van der Waals surface area contributed by atoms with E-state index >= 15 is 0 Å². The first kappa shape index (κ1) is 64.8. The van der Waals surface area contributed by atoms with Crippen molar-refractivity contribution in [2.45, 2.75) is 133 Å². The van der Waals surface area contributed by atoms with Crippen molar-refractivity contribution in [1.82, 2.24) is 47.2 Å². The second-order valence-electron chi connectivity index (χ2n) is 20.3. The number of guanidine groups is 2. The van der Waals surface area contributed by atoms with Crippen LogP contribution in [0.2, 0.25) is 0 Å². The first-order chi connectivity index (χ1) is 39.9. The van der Waals surface area contributed by atoms with Gasteiger partial charge >= 0.3 is 0 Å². The Morgan fingerprint density at radius 2 is 0.771 bits per heavy atom. The van der Waals surface area contributed by atoms with Crippen molar-refractivity contribution in [3.8, 4) is 0 Å². The van der Waals surface area contributed by atoms with Gasteiger partial charge in [-0.25, -0.2) is 0 Å². The van der Waals surface area contributed by atoms with E-state index in [1.165, 1.54) is 6.92 Å². The zero-order valence-corrected chi connectivity index (χ0v) is 46.9.